The summed E-state index contributed by atoms with van der Waals surface area (Å²) in [6.07, 6.45) is 15.1. The second-order valence-corrected chi connectivity index (χ2v) is 5.67. The number of benzene rings is 1. The molecule has 1 aromatic rings. The Kier molecular flexibility index (Phi) is 11.4. The minimum absolute atomic E-state index is 0.140. The SMILES string of the molecule is O=CC/C=C\CCCCCCCCCC(=O)Oc1ccccc1. The third-order valence-electron chi connectivity index (χ3n) is 3.63. The Balaban J connectivity index is 1.88. The van der Waals surface area contributed by atoms with E-state index in [1.807, 2.05) is 24.3 Å². The molecule has 0 fully saturated rings. The van der Waals surface area contributed by atoms with Crippen molar-refractivity contribution in [2.45, 2.75) is 64.2 Å². The van der Waals surface area contributed by atoms with Crippen molar-refractivity contribution in [1.82, 2.24) is 0 Å². The van der Waals surface area contributed by atoms with Crippen LogP contribution in [0, 0.1) is 0 Å². The lowest BCUT2D eigenvalue weighted by Gasteiger charge is -2.04. The van der Waals surface area contributed by atoms with Crippen molar-refractivity contribution < 1.29 is 14.3 Å². The Labute approximate surface area is 139 Å². The van der Waals surface area contributed by atoms with Crippen LogP contribution in [-0.4, -0.2) is 12.3 Å². The Morgan fingerprint density at radius 2 is 1.52 bits per heavy atom. The van der Waals surface area contributed by atoms with Crippen LogP contribution in [0.15, 0.2) is 42.5 Å². The summed E-state index contributed by atoms with van der Waals surface area (Å²) >= 11 is 0. The van der Waals surface area contributed by atoms with Crippen molar-refractivity contribution in [3.05, 3.63) is 42.5 Å². The largest absolute Gasteiger partial charge is 0.427 e. The molecular weight excluding hydrogens is 288 g/mol. The van der Waals surface area contributed by atoms with Crippen molar-refractivity contribution in [2.24, 2.45) is 0 Å². The zero-order valence-electron chi connectivity index (χ0n) is 13.9. The highest BCUT2D eigenvalue weighted by molar-refractivity contribution is 5.72. The van der Waals surface area contributed by atoms with Gasteiger partial charge in [0.05, 0.1) is 0 Å². The minimum atomic E-state index is -0.140. The molecule has 1 rings (SSSR count). The van der Waals surface area contributed by atoms with Gasteiger partial charge < -0.3 is 9.53 Å². The van der Waals surface area contributed by atoms with Crippen LogP contribution in [-0.2, 0) is 9.59 Å². The van der Waals surface area contributed by atoms with E-state index in [4.69, 9.17) is 4.74 Å². The van der Waals surface area contributed by atoms with E-state index in [-0.39, 0.29) is 5.97 Å². The van der Waals surface area contributed by atoms with E-state index in [9.17, 15) is 9.59 Å². The van der Waals surface area contributed by atoms with Gasteiger partial charge in [-0.2, -0.15) is 0 Å². The van der Waals surface area contributed by atoms with Gasteiger partial charge in [0.2, 0.25) is 0 Å². The molecule has 0 N–H and O–H groups in total. The van der Waals surface area contributed by atoms with E-state index < -0.39 is 0 Å². The van der Waals surface area contributed by atoms with Crippen LogP contribution < -0.4 is 4.74 Å². The normalized spacial score (nSPS) is 10.8. The Morgan fingerprint density at radius 3 is 2.22 bits per heavy atom. The summed E-state index contributed by atoms with van der Waals surface area (Å²) in [6.45, 7) is 0. The molecule has 0 saturated carbocycles. The fourth-order valence-corrected chi connectivity index (χ4v) is 2.36. The molecule has 23 heavy (non-hydrogen) atoms. The number of para-hydroxylation sites is 1. The van der Waals surface area contributed by atoms with Crippen molar-refractivity contribution in [3.63, 3.8) is 0 Å². The number of ether oxygens (including phenoxy) is 1. The van der Waals surface area contributed by atoms with Gasteiger partial charge >= 0.3 is 5.97 Å². The lowest BCUT2D eigenvalue weighted by atomic mass is 10.1. The van der Waals surface area contributed by atoms with Gasteiger partial charge in [0.1, 0.15) is 12.0 Å². The molecule has 3 nitrogen and oxygen atoms in total. The number of carbonyl (C=O) groups is 2. The first-order chi connectivity index (χ1) is 11.3. The number of hydrogen-bond donors (Lipinski definition) is 0. The van der Waals surface area contributed by atoms with Crippen LogP contribution in [0.3, 0.4) is 0 Å². The van der Waals surface area contributed by atoms with Gasteiger partial charge in [-0.25, -0.2) is 0 Å². The van der Waals surface area contributed by atoms with Gasteiger partial charge in [-0.3, -0.25) is 4.79 Å². The third-order valence-corrected chi connectivity index (χ3v) is 3.63. The molecule has 0 aliphatic carbocycles. The predicted octanol–water partition coefficient (Wildman–Crippen LogP) is 5.25. The topological polar surface area (TPSA) is 43.4 Å². The van der Waals surface area contributed by atoms with Crippen molar-refractivity contribution >= 4 is 12.3 Å². The van der Waals surface area contributed by atoms with Gasteiger partial charge in [-0.1, -0.05) is 62.5 Å². The molecule has 126 valence electrons. The summed E-state index contributed by atoms with van der Waals surface area (Å²) in [7, 11) is 0. The predicted molar refractivity (Wildman–Crippen MR) is 93.5 cm³/mol. The number of esters is 1. The Bertz CT molecular complexity index is 451. The Hall–Kier alpha value is -1.90. The van der Waals surface area contributed by atoms with Gasteiger partial charge in [-0.15, -0.1) is 0 Å². The number of hydrogen-bond acceptors (Lipinski definition) is 3. The van der Waals surface area contributed by atoms with E-state index >= 15 is 0 Å². The van der Waals surface area contributed by atoms with Gasteiger partial charge in [0.15, 0.2) is 0 Å². The second-order valence-electron chi connectivity index (χ2n) is 5.67. The molecule has 0 bridgehead atoms. The molecule has 0 aromatic heterocycles. The zero-order chi connectivity index (χ0) is 16.6. The van der Waals surface area contributed by atoms with E-state index in [0.29, 0.717) is 18.6 Å². The zero-order valence-corrected chi connectivity index (χ0v) is 13.9. The van der Waals surface area contributed by atoms with Crippen LogP contribution in [0.5, 0.6) is 5.75 Å². The van der Waals surface area contributed by atoms with E-state index in [1.165, 1.54) is 32.1 Å². The summed E-state index contributed by atoms with van der Waals surface area (Å²) in [5.41, 5.74) is 0. The van der Waals surface area contributed by atoms with Crippen LogP contribution in [0.2, 0.25) is 0 Å². The maximum atomic E-state index is 11.6. The molecule has 0 aliphatic heterocycles. The Morgan fingerprint density at radius 1 is 0.870 bits per heavy atom. The summed E-state index contributed by atoms with van der Waals surface area (Å²) in [5.74, 6) is 0.484. The number of carbonyl (C=O) groups excluding carboxylic acids is 2. The van der Waals surface area contributed by atoms with Crippen molar-refractivity contribution in [3.8, 4) is 5.75 Å². The number of unbranched alkanes of at least 4 members (excludes halogenated alkanes) is 7. The van der Waals surface area contributed by atoms with E-state index in [0.717, 1.165) is 25.5 Å². The first kappa shape index (κ1) is 19.1. The standard InChI is InChI=1S/C20H28O3/c21-18-14-9-7-5-3-1-2-4-6-8-13-17-20(22)23-19-15-11-10-12-16-19/h7,9-12,15-16,18H,1-6,8,13-14,17H2/b9-7-. The van der Waals surface area contributed by atoms with Gasteiger partial charge in [0, 0.05) is 12.8 Å². The fraction of sp³-hybridized carbons (Fsp3) is 0.500. The average molecular weight is 316 g/mol. The van der Waals surface area contributed by atoms with Crippen LogP contribution >= 0.6 is 0 Å². The molecule has 0 radical (unpaired) electrons. The maximum Gasteiger partial charge on any atom is 0.311 e. The second kappa shape index (κ2) is 13.7. The molecule has 0 unspecified atom stereocenters. The highest BCUT2D eigenvalue weighted by Gasteiger charge is 2.03. The highest BCUT2D eigenvalue weighted by Crippen LogP contribution is 2.12. The number of rotatable bonds is 13. The molecule has 0 spiro atoms. The van der Waals surface area contributed by atoms with Crippen molar-refractivity contribution in [1.29, 1.82) is 0 Å². The van der Waals surface area contributed by atoms with Crippen LogP contribution in [0.25, 0.3) is 0 Å². The molecule has 3 heteroatoms. The molecule has 0 heterocycles. The molecular formula is C20H28O3. The van der Waals surface area contributed by atoms with E-state index in [2.05, 4.69) is 6.08 Å². The third kappa shape index (κ3) is 11.3. The average Bonchev–Trinajstić information content (AvgIpc) is 2.57. The quantitative estimate of drug-likeness (QED) is 0.164. The monoisotopic (exact) mass is 316 g/mol. The fourth-order valence-electron chi connectivity index (χ4n) is 2.36. The van der Waals surface area contributed by atoms with Crippen molar-refractivity contribution in [2.75, 3.05) is 0 Å². The summed E-state index contributed by atoms with van der Waals surface area (Å²) in [5, 5.41) is 0. The van der Waals surface area contributed by atoms with Gasteiger partial charge in [-0.05, 0) is 31.4 Å². The summed E-state index contributed by atoms with van der Waals surface area (Å²) in [6, 6.07) is 9.22. The van der Waals surface area contributed by atoms with E-state index in [1.54, 1.807) is 12.1 Å². The molecule has 0 amide bonds. The first-order valence-corrected chi connectivity index (χ1v) is 8.67. The number of allylic oxidation sites excluding steroid dienone is 2. The first-order valence-electron chi connectivity index (χ1n) is 8.67. The molecule has 0 saturated heterocycles. The molecule has 0 atom stereocenters. The lowest BCUT2D eigenvalue weighted by molar-refractivity contribution is -0.134. The lowest BCUT2D eigenvalue weighted by Crippen LogP contribution is -2.07. The minimum Gasteiger partial charge on any atom is -0.427 e. The molecule has 1 aromatic carbocycles. The van der Waals surface area contributed by atoms with Gasteiger partial charge in [0.25, 0.3) is 0 Å². The van der Waals surface area contributed by atoms with Crippen LogP contribution in [0.4, 0.5) is 0 Å². The number of aldehydes is 1. The summed E-state index contributed by atoms with van der Waals surface area (Å²) < 4.78 is 5.25. The smallest absolute Gasteiger partial charge is 0.311 e. The highest BCUT2D eigenvalue weighted by atomic mass is 16.5. The van der Waals surface area contributed by atoms with Crippen LogP contribution in [0.1, 0.15) is 64.2 Å². The summed E-state index contributed by atoms with van der Waals surface area (Å²) in [4.78, 5) is 21.8. The molecule has 0 aliphatic rings. The maximum absolute atomic E-state index is 11.6.